The Morgan fingerprint density at radius 3 is 2.50 bits per heavy atom. The third kappa shape index (κ3) is 5.35. The first kappa shape index (κ1) is 28.2. The summed E-state index contributed by atoms with van der Waals surface area (Å²) in [5.41, 5.74) is 2.99. The molecule has 0 spiro atoms. The number of piperidine rings is 1. The van der Waals surface area contributed by atoms with Gasteiger partial charge < -0.3 is 14.8 Å². The minimum Gasteiger partial charge on any atom is -0.493 e. The zero-order valence-electron chi connectivity index (χ0n) is 23.0. The van der Waals surface area contributed by atoms with Crippen LogP contribution in [0.15, 0.2) is 52.5 Å². The Morgan fingerprint density at radius 1 is 1.07 bits per heavy atom. The van der Waals surface area contributed by atoms with Crippen molar-refractivity contribution in [3.05, 3.63) is 48.0 Å². The number of anilines is 1. The van der Waals surface area contributed by atoms with Crippen LogP contribution in [0.25, 0.3) is 16.6 Å². The van der Waals surface area contributed by atoms with Gasteiger partial charge in [0.1, 0.15) is 0 Å². The van der Waals surface area contributed by atoms with Crippen molar-refractivity contribution in [3.8, 4) is 11.5 Å². The molecule has 4 aromatic rings. The molecule has 1 atom stereocenters. The van der Waals surface area contributed by atoms with E-state index in [4.69, 9.17) is 9.47 Å². The highest BCUT2D eigenvalue weighted by atomic mass is 32.2. The minimum atomic E-state index is -3.58. The number of sulfonamides is 1. The number of thioether (sulfide) groups is 1. The van der Waals surface area contributed by atoms with Gasteiger partial charge in [-0.3, -0.25) is 9.20 Å². The molecule has 0 saturated carbocycles. The van der Waals surface area contributed by atoms with Crippen molar-refractivity contribution in [2.75, 3.05) is 31.8 Å². The second-order valence-corrected chi connectivity index (χ2v) is 12.6. The third-order valence-electron chi connectivity index (χ3n) is 7.25. The molecule has 0 bridgehead atoms. The summed E-state index contributed by atoms with van der Waals surface area (Å²) in [5.74, 6) is 1.06. The lowest BCUT2D eigenvalue weighted by Gasteiger charge is -2.34. The number of rotatable bonds is 9. The summed E-state index contributed by atoms with van der Waals surface area (Å²) in [6, 6.07) is 12.2. The second-order valence-electron chi connectivity index (χ2n) is 9.77. The summed E-state index contributed by atoms with van der Waals surface area (Å²) in [5, 5.41) is 13.0. The van der Waals surface area contributed by atoms with Gasteiger partial charge in [-0.05, 0) is 68.1 Å². The number of nitrogens with zero attached hydrogens (tertiary/aromatic N) is 4. The van der Waals surface area contributed by atoms with Crippen LogP contribution in [-0.4, -0.2) is 65.8 Å². The van der Waals surface area contributed by atoms with Gasteiger partial charge in [0.15, 0.2) is 22.3 Å². The van der Waals surface area contributed by atoms with E-state index in [1.165, 1.54) is 11.8 Å². The second kappa shape index (κ2) is 11.6. The molecule has 1 N–H and O–H groups in total. The predicted molar refractivity (Wildman–Crippen MR) is 156 cm³/mol. The molecule has 1 fully saturated rings. The number of hydrogen-bond donors (Lipinski definition) is 1. The number of amides is 1. The highest BCUT2D eigenvalue weighted by Gasteiger charge is 2.32. The Balaban J connectivity index is 1.31. The van der Waals surface area contributed by atoms with Gasteiger partial charge in [-0.25, -0.2) is 8.42 Å². The molecule has 12 heteroatoms. The van der Waals surface area contributed by atoms with Crippen molar-refractivity contribution in [2.24, 2.45) is 0 Å². The van der Waals surface area contributed by atoms with E-state index in [1.807, 2.05) is 36.4 Å². The predicted octanol–water partition coefficient (Wildman–Crippen LogP) is 4.89. The van der Waals surface area contributed by atoms with E-state index in [1.54, 1.807) is 42.8 Å². The Bertz CT molecular complexity index is 1650. The molecule has 40 heavy (non-hydrogen) atoms. The van der Waals surface area contributed by atoms with Gasteiger partial charge in [-0.15, -0.1) is 10.2 Å². The summed E-state index contributed by atoms with van der Waals surface area (Å²) in [7, 11) is -0.403. The fourth-order valence-electron chi connectivity index (χ4n) is 5.20. The number of hydrogen-bond acceptors (Lipinski definition) is 8. The fourth-order valence-corrected chi connectivity index (χ4v) is 7.71. The van der Waals surface area contributed by atoms with Crippen LogP contribution in [0, 0.1) is 6.92 Å². The zero-order chi connectivity index (χ0) is 28.4. The van der Waals surface area contributed by atoms with Crippen LogP contribution in [0.5, 0.6) is 11.5 Å². The van der Waals surface area contributed by atoms with Crippen LogP contribution in [0.3, 0.4) is 0 Å². The smallest absolute Gasteiger partial charge is 0.243 e. The lowest BCUT2D eigenvalue weighted by Crippen LogP contribution is -2.43. The SMILES string of the molecule is CCC1CCCCN1S(=O)(=O)c1ccc(NC(=O)CSc2nnc3c(C)cc4cc(OC)c(OC)cc4n23)cc1. The first-order chi connectivity index (χ1) is 19.3. The topological polar surface area (TPSA) is 115 Å². The number of carbonyl (C=O) groups is 1. The molecule has 212 valence electrons. The van der Waals surface area contributed by atoms with E-state index >= 15 is 0 Å². The highest BCUT2D eigenvalue weighted by Crippen LogP contribution is 2.35. The van der Waals surface area contributed by atoms with Crippen LogP contribution in [0.2, 0.25) is 0 Å². The van der Waals surface area contributed by atoms with Crippen molar-refractivity contribution in [3.63, 3.8) is 0 Å². The number of fused-ring (bicyclic) bond motifs is 3. The first-order valence-corrected chi connectivity index (χ1v) is 15.6. The van der Waals surface area contributed by atoms with Gasteiger partial charge in [0.2, 0.25) is 15.9 Å². The minimum absolute atomic E-state index is 0.0346. The monoisotopic (exact) mass is 583 g/mol. The summed E-state index contributed by atoms with van der Waals surface area (Å²) >= 11 is 1.26. The lowest BCUT2D eigenvalue weighted by molar-refractivity contribution is -0.113. The molecule has 3 heterocycles. The normalized spacial score (nSPS) is 16.4. The standard InChI is InChI=1S/C28H33N5O5S2/c1-5-21-8-6-7-13-32(21)40(35,36)22-11-9-20(10-12-22)29-26(34)17-39-28-31-30-27-18(2)14-19-15-24(37-3)25(38-4)16-23(19)33(27)28/h9-12,14-16,21H,5-8,13,17H2,1-4H3,(H,29,34). The molecule has 10 nitrogen and oxygen atoms in total. The maximum atomic E-state index is 13.2. The molecule has 1 unspecified atom stereocenters. The Hall–Kier alpha value is -3.35. The summed E-state index contributed by atoms with van der Waals surface area (Å²) < 4.78 is 40.9. The zero-order valence-corrected chi connectivity index (χ0v) is 24.6. The van der Waals surface area contributed by atoms with E-state index in [-0.39, 0.29) is 22.6 Å². The maximum Gasteiger partial charge on any atom is 0.243 e. The average Bonchev–Trinajstić information content (AvgIpc) is 3.40. The molecule has 1 aliphatic heterocycles. The van der Waals surface area contributed by atoms with E-state index in [2.05, 4.69) is 15.5 Å². The van der Waals surface area contributed by atoms with Crippen LogP contribution in [-0.2, 0) is 14.8 Å². The van der Waals surface area contributed by atoms with Gasteiger partial charge in [0.25, 0.3) is 0 Å². The van der Waals surface area contributed by atoms with Crippen LogP contribution < -0.4 is 14.8 Å². The van der Waals surface area contributed by atoms with Crippen molar-refractivity contribution in [2.45, 2.75) is 55.6 Å². The molecule has 5 rings (SSSR count). The number of pyridine rings is 1. The Kier molecular flexibility index (Phi) is 8.20. The van der Waals surface area contributed by atoms with E-state index < -0.39 is 10.0 Å². The van der Waals surface area contributed by atoms with Crippen molar-refractivity contribution in [1.82, 2.24) is 18.9 Å². The number of ether oxygens (including phenoxy) is 2. The molecular formula is C28H33N5O5S2. The first-order valence-electron chi connectivity index (χ1n) is 13.2. The Morgan fingerprint density at radius 2 is 1.80 bits per heavy atom. The van der Waals surface area contributed by atoms with Crippen molar-refractivity contribution in [1.29, 1.82) is 0 Å². The van der Waals surface area contributed by atoms with Crippen molar-refractivity contribution < 1.29 is 22.7 Å². The number of aromatic nitrogens is 3. The summed E-state index contributed by atoms with van der Waals surface area (Å²) in [6.45, 7) is 4.52. The van der Waals surface area contributed by atoms with Crippen LogP contribution in [0.4, 0.5) is 5.69 Å². The average molecular weight is 584 g/mol. The van der Waals surface area contributed by atoms with Gasteiger partial charge in [0, 0.05) is 29.7 Å². The lowest BCUT2D eigenvalue weighted by atomic mass is 10.0. The van der Waals surface area contributed by atoms with Crippen LogP contribution in [0.1, 0.15) is 38.2 Å². The molecule has 1 saturated heterocycles. The van der Waals surface area contributed by atoms with Crippen LogP contribution >= 0.6 is 11.8 Å². The molecule has 0 aliphatic carbocycles. The summed E-state index contributed by atoms with van der Waals surface area (Å²) in [6.07, 6.45) is 3.61. The molecule has 2 aromatic carbocycles. The van der Waals surface area contributed by atoms with Gasteiger partial charge >= 0.3 is 0 Å². The van der Waals surface area contributed by atoms with E-state index in [9.17, 15) is 13.2 Å². The number of carbonyl (C=O) groups excluding carboxylic acids is 1. The number of nitrogens with one attached hydrogen (secondary N) is 1. The van der Waals surface area contributed by atoms with E-state index in [0.29, 0.717) is 34.5 Å². The number of benzene rings is 2. The van der Waals surface area contributed by atoms with Gasteiger partial charge in [-0.2, -0.15) is 4.31 Å². The fraction of sp³-hybridized carbons (Fsp3) is 0.393. The van der Waals surface area contributed by atoms with Crippen molar-refractivity contribution >= 4 is 49.9 Å². The third-order valence-corrected chi connectivity index (χ3v) is 10.1. The number of aryl methyl sites for hydroxylation is 1. The van der Waals surface area contributed by atoms with Gasteiger partial charge in [0.05, 0.1) is 30.4 Å². The van der Waals surface area contributed by atoms with Gasteiger partial charge in [-0.1, -0.05) is 25.1 Å². The quantitative estimate of drug-likeness (QED) is 0.277. The highest BCUT2D eigenvalue weighted by molar-refractivity contribution is 7.99. The largest absolute Gasteiger partial charge is 0.493 e. The molecular weight excluding hydrogens is 550 g/mol. The maximum absolute atomic E-state index is 13.2. The van der Waals surface area contributed by atoms with E-state index in [0.717, 1.165) is 42.1 Å². The molecule has 1 aliphatic rings. The molecule has 2 aromatic heterocycles. The molecule has 1 amide bonds. The number of methoxy groups -OCH3 is 2. The summed E-state index contributed by atoms with van der Waals surface area (Å²) in [4.78, 5) is 13.1. The molecule has 0 radical (unpaired) electrons. The Labute approximate surface area is 238 Å².